The van der Waals surface area contributed by atoms with Crippen LogP contribution in [0.25, 0.3) is 10.9 Å². The zero-order valence-corrected chi connectivity index (χ0v) is 12.7. The molecule has 6 nitrogen and oxygen atoms in total. The summed E-state index contributed by atoms with van der Waals surface area (Å²) in [6, 6.07) is 3.81. The molecule has 0 aliphatic rings. The Labute approximate surface area is 128 Å². The molecule has 0 saturated heterocycles. The summed E-state index contributed by atoms with van der Waals surface area (Å²) < 4.78 is 11.0. The molecule has 0 saturated carbocycles. The molecule has 0 spiro atoms. The van der Waals surface area contributed by atoms with Gasteiger partial charge in [0, 0.05) is 24.2 Å². The number of ether oxygens (including phenoxy) is 1. The lowest BCUT2D eigenvalue weighted by molar-refractivity contribution is 0.282. The van der Waals surface area contributed by atoms with Crippen LogP contribution in [0.1, 0.15) is 37.2 Å². The predicted molar refractivity (Wildman–Crippen MR) is 81.5 cm³/mol. The fourth-order valence-electron chi connectivity index (χ4n) is 2.16. The Morgan fingerprint density at radius 1 is 1.27 bits per heavy atom. The van der Waals surface area contributed by atoms with Crippen molar-refractivity contribution in [1.29, 1.82) is 0 Å². The smallest absolute Gasteiger partial charge is 0.226 e. The molecule has 0 aliphatic heterocycles. The molecule has 0 N–H and O–H groups in total. The maximum atomic E-state index is 5.77. The topological polar surface area (TPSA) is 73.9 Å². The molecule has 0 bridgehead atoms. The second-order valence-corrected chi connectivity index (χ2v) is 5.14. The van der Waals surface area contributed by atoms with Crippen molar-refractivity contribution in [3.8, 4) is 5.75 Å². The van der Waals surface area contributed by atoms with Crippen LogP contribution in [0.2, 0.25) is 0 Å². The van der Waals surface area contributed by atoms with Crippen molar-refractivity contribution in [1.82, 2.24) is 20.1 Å². The first-order valence-corrected chi connectivity index (χ1v) is 7.42. The summed E-state index contributed by atoms with van der Waals surface area (Å²) in [7, 11) is 0. The number of aromatic nitrogens is 4. The minimum absolute atomic E-state index is 0.268. The third-order valence-corrected chi connectivity index (χ3v) is 3.37. The molecule has 3 aromatic rings. The number of aryl methyl sites for hydroxylation is 2. The Bertz CT molecular complexity index is 770. The number of pyridine rings is 2. The van der Waals surface area contributed by atoms with Crippen LogP contribution in [0.4, 0.5) is 0 Å². The zero-order valence-electron chi connectivity index (χ0n) is 12.7. The minimum atomic E-state index is 0.268. The van der Waals surface area contributed by atoms with E-state index in [1.54, 1.807) is 12.4 Å². The van der Waals surface area contributed by atoms with E-state index in [2.05, 4.69) is 27.0 Å². The van der Waals surface area contributed by atoms with Gasteiger partial charge in [0.1, 0.15) is 5.75 Å². The molecule has 0 amide bonds. The van der Waals surface area contributed by atoms with Gasteiger partial charge in [-0.25, -0.2) is 4.98 Å². The van der Waals surface area contributed by atoms with Gasteiger partial charge in [0.15, 0.2) is 6.61 Å². The summed E-state index contributed by atoms with van der Waals surface area (Å²) in [5, 5.41) is 4.88. The van der Waals surface area contributed by atoms with Crippen molar-refractivity contribution >= 4 is 10.9 Å². The van der Waals surface area contributed by atoms with Crippen molar-refractivity contribution in [3.05, 3.63) is 41.9 Å². The van der Waals surface area contributed by atoms with Gasteiger partial charge in [0.25, 0.3) is 0 Å². The molecule has 6 heteroatoms. The maximum absolute atomic E-state index is 5.77. The van der Waals surface area contributed by atoms with E-state index in [0.717, 1.165) is 35.9 Å². The Morgan fingerprint density at radius 3 is 3.05 bits per heavy atom. The van der Waals surface area contributed by atoms with Crippen LogP contribution >= 0.6 is 0 Å². The lowest BCUT2D eigenvalue weighted by atomic mass is 10.2. The predicted octanol–water partition coefficient (Wildman–Crippen LogP) is 3.24. The number of hydrogen-bond donors (Lipinski definition) is 0. The molecular weight excluding hydrogens is 280 g/mol. The molecule has 0 aromatic carbocycles. The third kappa shape index (κ3) is 3.21. The quantitative estimate of drug-likeness (QED) is 0.695. The lowest BCUT2D eigenvalue weighted by Gasteiger charge is -2.07. The first-order valence-electron chi connectivity index (χ1n) is 7.42. The molecule has 114 valence electrons. The molecular formula is C16H18N4O2. The van der Waals surface area contributed by atoms with Gasteiger partial charge in [-0.2, -0.15) is 4.98 Å². The van der Waals surface area contributed by atoms with E-state index in [1.807, 2.05) is 19.1 Å². The van der Waals surface area contributed by atoms with Crippen molar-refractivity contribution in [3.63, 3.8) is 0 Å². The van der Waals surface area contributed by atoms with Crippen LogP contribution in [0, 0.1) is 6.92 Å². The molecule has 0 atom stereocenters. The standard InChI is InChI=1S/C16H18N4O2/c1-3-4-5-16-19-15(20-22-16)10-21-14-8-12-9-17-7-6-13(12)18-11(14)2/h6-9H,3-5,10H2,1-2H3. The summed E-state index contributed by atoms with van der Waals surface area (Å²) in [6.07, 6.45) is 6.46. The summed E-state index contributed by atoms with van der Waals surface area (Å²) in [6.45, 7) is 4.31. The van der Waals surface area contributed by atoms with E-state index in [1.165, 1.54) is 0 Å². The van der Waals surface area contributed by atoms with Gasteiger partial charge >= 0.3 is 0 Å². The average molecular weight is 298 g/mol. The van der Waals surface area contributed by atoms with E-state index in [4.69, 9.17) is 9.26 Å². The Kier molecular flexibility index (Phi) is 4.27. The summed E-state index contributed by atoms with van der Waals surface area (Å²) in [5.74, 6) is 1.93. The number of fused-ring (bicyclic) bond motifs is 1. The lowest BCUT2D eigenvalue weighted by Crippen LogP contribution is -2.00. The zero-order chi connectivity index (χ0) is 15.4. The minimum Gasteiger partial charge on any atom is -0.484 e. The number of nitrogens with zero attached hydrogens (tertiary/aromatic N) is 4. The normalized spacial score (nSPS) is 11.0. The summed E-state index contributed by atoms with van der Waals surface area (Å²) in [5.41, 5.74) is 1.73. The molecule has 22 heavy (non-hydrogen) atoms. The number of hydrogen-bond acceptors (Lipinski definition) is 6. The largest absolute Gasteiger partial charge is 0.484 e. The van der Waals surface area contributed by atoms with Gasteiger partial charge in [-0.05, 0) is 25.5 Å². The van der Waals surface area contributed by atoms with Crippen molar-refractivity contribution < 1.29 is 9.26 Å². The second-order valence-electron chi connectivity index (χ2n) is 5.14. The number of rotatable bonds is 6. The highest BCUT2D eigenvalue weighted by atomic mass is 16.5. The number of unbranched alkanes of at least 4 members (excludes halogenated alkanes) is 1. The third-order valence-electron chi connectivity index (χ3n) is 3.37. The fourth-order valence-corrected chi connectivity index (χ4v) is 2.16. The van der Waals surface area contributed by atoms with E-state index >= 15 is 0 Å². The van der Waals surface area contributed by atoms with Crippen LogP contribution < -0.4 is 4.74 Å². The summed E-state index contributed by atoms with van der Waals surface area (Å²) in [4.78, 5) is 12.9. The highest BCUT2D eigenvalue weighted by Crippen LogP contribution is 2.22. The molecule has 0 aliphatic carbocycles. The first kappa shape index (κ1) is 14.4. The molecule has 3 heterocycles. The van der Waals surface area contributed by atoms with Gasteiger partial charge in [-0.15, -0.1) is 0 Å². The molecule has 3 aromatic heterocycles. The molecule has 0 unspecified atom stereocenters. The van der Waals surface area contributed by atoms with E-state index in [9.17, 15) is 0 Å². The monoisotopic (exact) mass is 298 g/mol. The van der Waals surface area contributed by atoms with Gasteiger partial charge in [-0.3, -0.25) is 4.98 Å². The highest BCUT2D eigenvalue weighted by Gasteiger charge is 2.09. The van der Waals surface area contributed by atoms with Crippen molar-refractivity contribution in [2.24, 2.45) is 0 Å². The fraction of sp³-hybridized carbons (Fsp3) is 0.375. The first-order chi connectivity index (χ1) is 10.8. The van der Waals surface area contributed by atoms with Crippen molar-refractivity contribution in [2.75, 3.05) is 0 Å². The Balaban J connectivity index is 1.70. The van der Waals surface area contributed by atoms with E-state index < -0.39 is 0 Å². The van der Waals surface area contributed by atoms with Crippen LogP contribution in [0.15, 0.2) is 29.0 Å². The maximum Gasteiger partial charge on any atom is 0.226 e. The van der Waals surface area contributed by atoms with Crippen molar-refractivity contribution in [2.45, 2.75) is 39.7 Å². The van der Waals surface area contributed by atoms with Gasteiger partial charge in [-0.1, -0.05) is 18.5 Å². The van der Waals surface area contributed by atoms with Crippen LogP contribution in [0.3, 0.4) is 0 Å². The average Bonchev–Trinajstić information content (AvgIpc) is 2.98. The SMILES string of the molecule is CCCCc1nc(COc2cc3cnccc3nc2C)no1. The van der Waals surface area contributed by atoms with Crippen LogP contribution in [0.5, 0.6) is 5.75 Å². The molecule has 0 radical (unpaired) electrons. The van der Waals surface area contributed by atoms with Gasteiger partial charge < -0.3 is 9.26 Å². The van der Waals surface area contributed by atoms with Crippen LogP contribution in [-0.4, -0.2) is 20.1 Å². The Hall–Kier alpha value is -2.50. The van der Waals surface area contributed by atoms with Gasteiger partial charge in [0.05, 0.1) is 11.2 Å². The second kappa shape index (κ2) is 6.51. The van der Waals surface area contributed by atoms with E-state index in [0.29, 0.717) is 17.5 Å². The molecule has 3 rings (SSSR count). The van der Waals surface area contributed by atoms with E-state index in [-0.39, 0.29) is 6.61 Å². The highest BCUT2D eigenvalue weighted by molar-refractivity contribution is 5.79. The Morgan fingerprint density at radius 2 is 2.18 bits per heavy atom. The molecule has 0 fully saturated rings. The van der Waals surface area contributed by atoms with Crippen LogP contribution in [-0.2, 0) is 13.0 Å². The summed E-state index contributed by atoms with van der Waals surface area (Å²) >= 11 is 0. The van der Waals surface area contributed by atoms with Gasteiger partial charge in [0.2, 0.25) is 11.7 Å².